The molecule has 0 aromatic carbocycles. The van der Waals surface area contributed by atoms with Crippen LogP contribution in [0.2, 0.25) is 0 Å². The van der Waals surface area contributed by atoms with Crippen LogP contribution < -0.4 is 5.32 Å². The largest absolute Gasteiger partial charge is 0.383 e. The van der Waals surface area contributed by atoms with Crippen LogP contribution in [0.4, 0.5) is 4.39 Å². The van der Waals surface area contributed by atoms with E-state index in [0.717, 1.165) is 18.4 Å². The van der Waals surface area contributed by atoms with Gasteiger partial charge in [0.05, 0.1) is 12.8 Å². The first-order valence-electron chi connectivity index (χ1n) is 5.58. The predicted octanol–water partition coefficient (Wildman–Crippen LogP) is 2.13. The second-order valence-corrected chi connectivity index (χ2v) is 3.83. The van der Waals surface area contributed by atoms with E-state index in [1.807, 2.05) is 0 Å². The average molecular weight is 226 g/mol. The molecule has 0 radical (unpaired) electrons. The summed E-state index contributed by atoms with van der Waals surface area (Å²) in [6.07, 6.45) is 5.03. The second kappa shape index (κ2) is 7.30. The average Bonchev–Trinajstić information content (AvgIpc) is 2.27. The summed E-state index contributed by atoms with van der Waals surface area (Å²) in [4.78, 5) is 3.81. The van der Waals surface area contributed by atoms with Crippen LogP contribution in [0.5, 0.6) is 0 Å². The molecule has 1 rings (SSSR count). The molecule has 3 nitrogen and oxygen atoms in total. The van der Waals surface area contributed by atoms with E-state index in [9.17, 15) is 4.39 Å². The number of pyridine rings is 1. The molecule has 1 N–H and O–H groups in total. The molecule has 0 saturated heterocycles. The van der Waals surface area contributed by atoms with Crippen molar-refractivity contribution >= 4 is 0 Å². The molecule has 4 heteroatoms. The molecule has 1 atom stereocenters. The van der Waals surface area contributed by atoms with Gasteiger partial charge in [0.15, 0.2) is 0 Å². The van der Waals surface area contributed by atoms with Crippen molar-refractivity contribution in [2.75, 3.05) is 13.7 Å². The number of halogens is 1. The number of rotatable bonds is 7. The normalized spacial score (nSPS) is 12.7. The number of methoxy groups -OCH3 is 1. The van der Waals surface area contributed by atoms with Gasteiger partial charge in [0, 0.05) is 25.9 Å². The number of nitrogens with zero attached hydrogens (tertiary/aromatic N) is 1. The molecule has 16 heavy (non-hydrogen) atoms. The number of ether oxygens (including phenoxy) is 1. The van der Waals surface area contributed by atoms with Crippen LogP contribution in [0.1, 0.15) is 25.3 Å². The maximum atomic E-state index is 12.9. The van der Waals surface area contributed by atoms with Crippen molar-refractivity contribution in [3.05, 3.63) is 29.8 Å². The molecule has 0 spiro atoms. The summed E-state index contributed by atoms with van der Waals surface area (Å²) in [7, 11) is 1.69. The molecule has 0 bridgehead atoms. The minimum Gasteiger partial charge on any atom is -0.383 e. The van der Waals surface area contributed by atoms with Crippen molar-refractivity contribution in [1.29, 1.82) is 0 Å². The Morgan fingerprint density at radius 1 is 1.50 bits per heavy atom. The molecular weight excluding hydrogens is 207 g/mol. The van der Waals surface area contributed by atoms with Crippen molar-refractivity contribution in [3.63, 3.8) is 0 Å². The Morgan fingerprint density at radius 3 is 2.94 bits per heavy atom. The van der Waals surface area contributed by atoms with Crippen molar-refractivity contribution in [2.24, 2.45) is 0 Å². The van der Waals surface area contributed by atoms with Crippen LogP contribution in [-0.4, -0.2) is 24.7 Å². The zero-order valence-corrected chi connectivity index (χ0v) is 9.87. The summed E-state index contributed by atoms with van der Waals surface area (Å²) in [6, 6.07) is 1.81. The molecule has 0 saturated carbocycles. The molecule has 0 aliphatic carbocycles. The molecule has 0 aliphatic heterocycles. The lowest BCUT2D eigenvalue weighted by molar-refractivity contribution is 0.161. The molecule has 0 amide bonds. The number of hydrogen-bond donors (Lipinski definition) is 1. The van der Waals surface area contributed by atoms with Gasteiger partial charge in [-0.3, -0.25) is 4.98 Å². The van der Waals surface area contributed by atoms with E-state index < -0.39 is 0 Å². The summed E-state index contributed by atoms with van der Waals surface area (Å²) in [5, 5.41) is 3.33. The summed E-state index contributed by atoms with van der Waals surface area (Å²) in [5.74, 6) is -0.293. The summed E-state index contributed by atoms with van der Waals surface area (Å²) in [6.45, 7) is 3.43. The molecule has 90 valence electrons. The highest BCUT2D eigenvalue weighted by atomic mass is 19.1. The maximum Gasteiger partial charge on any atom is 0.141 e. The van der Waals surface area contributed by atoms with Gasteiger partial charge in [0.25, 0.3) is 0 Å². The van der Waals surface area contributed by atoms with Gasteiger partial charge in [-0.15, -0.1) is 0 Å². The SMILES string of the molecule is CCCC(COC)NCc1cncc(F)c1. The third kappa shape index (κ3) is 4.68. The van der Waals surface area contributed by atoms with Crippen LogP contribution in [0.15, 0.2) is 18.5 Å². The zero-order valence-electron chi connectivity index (χ0n) is 9.87. The van der Waals surface area contributed by atoms with Gasteiger partial charge in [-0.1, -0.05) is 13.3 Å². The Bertz CT molecular complexity index is 301. The van der Waals surface area contributed by atoms with Gasteiger partial charge in [0.2, 0.25) is 0 Å². The Hall–Kier alpha value is -1.00. The van der Waals surface area contributed by atoms with Crippen molar-refractivity contribution in [1.82, 2.24) is 10.3 Å². The van der Waals surface area contributed by atoms with Gasteiger partial charge in [-0.25, -0.2) is 4.39 Å². The minimum atomic E-state index is -0.293. The Labute approximate surface area is 96.0 Å². The van der Waals surface area contributed by atoms with Gasteiger partial charge >= 0.3 is 0 Å². The first-order valence-corrected chi connectivity index (χ1v) is 5.58. The number of aromatic nitrogens is 1. The lowest BCUT2D eigenvalue weighted by Crippen LogP contribution is -2.32. The number of hydrogen-bond acceptors (Lipinski definition) is 3. The fourth-order valence-corrected chi connectivity index (χ4v) is 1.61. The summed E-state index contributed by atoms with van der Waals surface area (Å²) in [5.41, 5.74) is 0.859. The van der Waals surface area contributed by atoms with Crippen LogP contribution >= 0.6 is 0 Å². The quantitative estimate of drug-likeness (QED) is 0.773. The Balaban J connectivity index is 2.41. The fraction of sp³-hybridized carbons (Fsp3) is 0.583. The lowest BCUT2D eigenvalue weighted by atomic mass is 10.1. The van der Waals surface area contributed by atoms with Crippen LogP contribution in [-0.2, 0) is 11.3 Å². The Morgan fingerprint density at radius 2 is 2.31 bits per heavy atom. The van der Waals surface area contributed by atoms with Crippen LogP contribution in [0.25, 0.3) is 0 Å². The highest BCUT2D eigenvalue weighted by Gasteiger charge is 2.06. The van der Waals surface area contributed by atoms with E-state index in [2.05, 4.69) is 17.2 Å². The topological polar surface area (TPSA) is 34.1 Å². The molecule has 1 aromatic heterocycles. The maximum absolute atomic E-state index is 12.9. The van der Waals surface area contributed by atoms with E-state index in [0.29, 0.717) is 19.2 Å². The molecule has 1 aromatic rings. The van der Waals surface area contributed by atoms with Crippen molar-refractivity contribution < 1.29 is 9.13 Å². The fourth-order valence-electron chi connectivity index (χ4n) is 1.61. The van der Waals surface area contributed by atoms with Gasteiger partial charge < -0.3 is 10.1 Å². The molecule has 1 heterocycles. The van der Waals surface area contributed by atoms with E-state index in [1.165, 1.54) is 12.3 Å². The van der Waals surface area contributed by atoms with Crippen molar-refractivity contribution in [3.8, 4) is 0 Å². The minimum absolute atomic E-state index is 0.293. The van der Waals surface area contributed by atoms with Gasteiger partial charge in [0.1, 0.15) is 5.82 Å². The van der Waals surface area contributed by atoms with E-state index in [-0.39, 0.29) is 5.82 Å². The monoisotopic (exact) mass is 226 g/mol. The van der Waals surface area contributed by atoms with Crippen molar-refractivity contribution in [2.45, 2.75) is 32.4 Å². The predicted molar refractivity (Wildman–Crippen MR) is 61.6 cm³/mol. The van der Waals surface area contributed by atoms with Crippen LogP contribution in [0, 0.1) is 5.82 Å². The third-order valence-electron chi connectivity index (χ3n) is 2.36. The highest BCUT2D eigenvalue weighted by molar-refractivity contribution is 5.09. The molecule has 0 fully saturated rings. The van der Waals surface area contributed by atoms with E-state index in [4.69, 9.17) is 4.74 Å². The number of nitrogens with one attached hydrogen (secondary N) is 1. The lowest BCUT2D eigenvalue weighted by Gasteiger charge is -2.16. The molecule has 0 aliphatic rings. The Kier molecular flexibility index (Phi) is 5.96. The van der Waals surface area contributed by atoms with E-state index in [1.54, 1.807) is 13.3 Å². The van der Waals surface area contributed by atoms with Gasteiger partial charge in [-0.05, 0) is 18.1 Å². The van der Waals surface area contributed by atoms with Crippen LogP contribution in [0.3, 0.4) is 0 Å². The molecular formula is C12H19FN2O. The van der Waals surface area contributed by atoms with Gasteiger partial charge in [-0.2, -0.15) is 0 Å². The highest BCUT2D eigenvalue weighted by Crippen LogP contribution is 2.03. The summed E-state index contributed by atoms with van der Waals surface area (Å²) >= 11 is 0. The first kappa shape index (κ1) is 13.1. The smallest absolute Gasteiger partial charge is 0.141 e. The van der Waals surface area contributed by atoms with E-state index >= 15 is 0 Å². The molecule has 1 unspecified atom stereocenters. The summed E-state index contributed by atoms with van der Waals surface area (Å²) < 4.78 is 18.0. The standard InChI is InChI=1S/C12H19FN2O/c1-3-4-12(9-16-2)15-7-10-5-11(13)8-14-6-10/h5-6,8,12,15H,3-4,7,9H2,1-2H3. The zero-order chi connectivity index (χ0) is 11.8. The second-order valence-electron chi connectivity index (χ2n) is 3.83. The first-order chi connectivity index (χ1) is 7.76. The third-order valence-corrected chi connectivity index (χ3v) is 2.36.